The first-order valence-electron chi connectivity index (χ1n) is 5.27. The summed E-state index contributed by atoms with van der Waals surface area (Å²) in [5.41, 5.74) is 2.85. The Morgan fingerprint density at radius 2 is 2.67 bits per heavy atom. The number of rotatable bonds is 4. The minimum absolute atomic E-state index is 0.175. The van der Waals surface area contributed by atoms with Crippen molar-refractivity contribution < 1.29 is 4.74 Å². The molecule has 1 aliphatic heterocycles. The lowest BCUT2D eigenvalue weighted by Gasteiger charge is -2.24. The van der Waals surface area contributed by atoms with Crippen LogP contribution < -0.4 is 11.3 Å². The molecule has 5 heteroatoms. The van der Waals surface area contributed by atoms with Crippen molar-refractivity contribution in [3.05, 3.63) is 16.6 Å². The Hall–Kier alpha value is -0.490. The first-order valence-corrected chi connectivity index (χ1v) is 6.15. The van der Waals surface area contributed by atoms with E-state index in [0.717, 1.165) is 24.5 Å². The van der Waals surface area contributed by atoms with Crippen LogP contribution in [0.25, 0.3) is 0 Å². The normalized spacial score (nSPS) is 28.1. The summed E-state index contributed by atoms with van der Waals surface area (Å²) in [6.45, 7) is 3.06. The van der Waals surface area contributed by atoms with Gasteiger partial charge in [-0.25, -0.2) is 4.98 Å². The van der Waals surface area contributed by atoms with Crippen molar-refractivity contribution in [1.29, 1.82) is 0 Å². The van der Waals surface area contributed by atoms with E-state index in [9.17, 15) is 0 Å². The predicted molar refractivity (Wildman–Crippen MR) is 60.5 cm³/mol. The second kappa shape index (κ2) is 5.03. The van der Waals surface area contributed by atoms with E-state index >= 15 is 0 Å². The third kappa shape index (κ3) is 2.55. The maximum absolute atomic E-state index is 5.70. The van der Waals surface area contributed by atoms with Crippen LogP contribution in [0.3, 0.4) is 0 Å². The Labute approximate surface area is 93.8 Å². The number of nitrogens with two attached hydrogens (primary N) is 1. The summed E-state index contributed by atoms with van der Waals surface area (Å²) >= 11 is 1.66. The van der Waals surface area contributed by atoms with Gasteiger partial charge in [0.15, 0.2) is 0 Å². The molecule has 3 unspecified atom stereocenters. The number of nitrogens with one attached hydrogen (secondary N) is 1. The number of ether oxygens (including phenoxy) is 1. The predicted octanol–water partition coefficient (Wildman–Crippen LogP) is 0.942. The Bertz CT molecular complexity index is 291. The molecule has 0 amide bonds. The van der Waals surface area contributed by atoms with Gasteiger partial charge in [-0.15, -0.1) is 11.3 Å². The molecule has 15 heavy (non-hydrogen) atoms. The number of hydrogen-bond donors (Lipinski definition) is 2. The fraction of sp³-hybridized carbons (Fsp3) is 0.700. The fourth-order valence-electron chi connectivity index (χ4n) is 2.04. The average molecular weight is 227 g/mol. The van der Waals surface area contributed by atoms with E-state index in [-0.39, 0.29) is 12.1 Å². The Morgan fingerprint density at radius 1 is 1.80 bits per heavy atom. The molecule has 3 N–H and O–H groups in total. The van der Waals surface area contributed by atoms with Crippen molar-refractivity contribution in [1.82, 2.24) is 10.4 Å². The zero-order valence-electron chi connectivity index (χ0n) is 8.85. The van der Waals surface area contributed by atoms with Crippen LogP contribution in [0.2, 0.25) is 0 Å². The van der Waals surface area contributed by atoms with Crippen LogP contribution in [-0.2, 0) is 11.2 Å². The highest BCUT2D eigenvalue weighted by molar-refractivity contribution is 7.09. The molecule has 1 aromatic rings. The van der Waals surface area contributed by atoms with E-state index in [1.165, 1.54) is 0 Å². The fourth-order valence-corrected chi connectivity index (χ4v) is 2.72. The summed E-state index contributed by atoms with van der Waals surface area (Å²) in [4.78, 5) is 4.27. The molecule has 0 radical (unpaired) electrons. The van der Waals surface area contributed by atoms with Gasteiger partial charge in [-0.2, -0.15) is 0 Å². The van der Waals surface area contributed by atoms with Gasteiger partial charge in [-0.3, -0.25) is 11.3 Å². The molecule has 1 fully saturated rings. The molecule has 1 saturated heterocycles. The van der Waals surface area contributed by atoms with E-state index in [1.807, 2.05) is 11.6 Å². The molecule has 1 aromatic heterocycles. The van der Waals surface area contributed by atoms with Gasteiger partial charge >= 0.3 is 0 Å². The first kappa shape index (κ1) is 11.0. The molecule has 0 aliphatic carbocycles. The van der Waals surface area contributed by atoms with Crippen LogP contribution in [0, 0.1) is 5.92 Å². The molecule has 0 aromatic carbocycles. The van der Waals surface area contributed by atoms with Gasteiger partial charge < -0.3 is 4.74 Å². The summed E-state index contributed by atoms with van der Waals surface area (Å²) in [6, 6.07) is 0.175. The van der Waals surface area contributed by atoms with Crippen molar-refractivity contribution in [2.75, 3.05) is 6.61 Å². The number of nitrogens with zero attached hydrogens (tertiary/aromatic N) is 1. The molecule has 2 heterocycles. The highest BCUT2D eigenvalue weighted by Gasteiger charge is 2.31. The van der Waals surface area contributed by atoms with Gasteiger partial charge in [0.2, 0.25) is 0 Å². The van der Waals surface area contributed by atoms with Crippen LogP contribution >= 0.6 is 11.3 Å². The van der Waals surface area contributed by atoms with Crippen molar-refractivity contribution in [3.63, 3.8) is 0 Å². The maximum atomic E-state index is 5.70. The zero-order chi connectivity index (χ0) is 10.7. The summed E-state index contributed by atoms with van der Waals surface area (Å²) in [5, 5.41) is 3.10. The van der Waals surface area contributed by atoms with Crippen molar-refractivity contribution >= 4 is 11.3 Å². The summed E-state index contributed by atoms with van der Waals surface area (Å²) in [6.07, 6.45) is 4.02. The number of thiazole rings is 1. The third-order valence-corrected chi connectivity index (χ3v) is 3.73. The van der Waals surface area contributed by atoms with Gasteiger partial charge in [0.1, 0.15) is 0 Å². The second-order valence-electron chi connectivity index (χ2n) is 4.00. The third-order valence-electron chi connectivity index (χ3n) is 2.93. The van der Waals surface area contributed by atoms with Crippen LogP contribution in [0.1, 0.15) is 18.4 Å². The monoisotopic (exact) mass is 227 g/mol. The average Bonchev–Trinajstić information content (AvgIpc) is 2.85. The quantitative estimate of drug-likeness (QED) is 0.594. The molecule has 0 saturated carbocycles. The minimum atomic E-state index is 0.175. The second-order valence-corrected chi connectivity index (χ2v) is 4.98. The molecular formula is C10H17N3OS. The first-order chi connectivity index (χ1) is 7.31. The summed E-state index contributed by atoms with van der Waals surface area (Å²) in [7, 11) is 0. The Balaban J connectivity index is 1.97. The summed E-state index contributed by atoms with van der Waals surface area (Å²) < 4.78 is 5.70. The van der Waals surface area contributed by atoms with Crippen LogP contribution in [0.4, 0.5) is 0 Å². The Morgan fingerprint density at radius 3 is 3.20 bits per heavy atom. The largest absolute Gasteiger partial charge is 0.376 e. The molecule has 4 nitrogen and oxygen atoms in total. The van der Waals surface area contributed by atoms with E-state index in [0.29, 0.717) is 5.92 Å². The molecule has 84 valence electrons. The van der Waals surface area contributed by atoms with Gasteiger partial charge in [0, 0.05) is 24.6 Å². The maximum Gasteiger partial charge on any atom is 0.0941 e. The standard InChI is InChI=1S/C10H17N3OS/c1-7-2-4-14-10(7)8(13-11)6-9-12-3-5-15-9/h3,5,7-8,10,13H,2,4,6,11H2,1H3. The molecule has 0 bridgehead atoms. The van der Waals surface area contributed by atoms with E-state index in [1.54, 1.807) is 11.3 Å². The lowest BCUT2D eigenvalue weighted by atomic mass is 9.96. The molecular weight excluding hydrogens is 210 g/mol. The number of aromatic nitrogens is 1. The summed E-state index contributed by atoms with van der Waals surface area (Å²) in [5.74, 6) is 6.15. The molecule has 3 atom stereocenters. The molecule has 2 rings (SSSR count). The SMILES string of the molecule is CC1CCOC1C(Cc1nccs1)NN. The van der Waals surface area contributed by atoms with Gasteiger partial charge in [-0.05, 0) is 12.3 Å². The molecule has 0 spiro atoms. The lowest BCUT2D eigenvalue weighted by Crippen LogP contribution is -2.47. The number of hydrazine groups is 1. The van der Waals surface area contributed by atoms with E-state index < -0.39 is 0 Å². The van der Waals surface area contributed by atoms with Crippen LogP contribution in [-0.4, -0.2) is 23.7 Å². The Kier molecular flexibility index (Phi) is 3.69. The van der Waals surface area contributed by atoms with Crippen LogP contribution in [0.15, 0.2) is 11.6 Å². The van der Waals surface area contributed by atoms with Crippen molar-refractivity contribution in [2.24, 2.45) is 11.8 Å². The van der Waals surface area contributed by atoms with Crippen molar-refractivity contribution in [2.45, 2.75) is 31.9 Å². The zero-order valence-corrected chi connectivity index (χ0v) is 9.67. The van der Waals surface area contributed by atoms with Crippen molar-refractivity contribution in [3.8, 4) is 0 Å². The lowest BCUT2D eigenvalue weighted by molar-refractivity contribution is 0.0610. The minimum Gasteiger partial charge on any atom is -0.376 e. The van der Waals surface area contributed by atoms with Gasteiger partial charge in [0.05, 0.1) is 17.2 Å². The van der Waals surface area contributed by atoms with Crippen LogP contribution in [0.5, 0.6) is 0 Å². The van der Waals surface area contributed by atoms with Gasteiger partial charge in [-0.1, -0.05) is 6.92 Å². The molecule has 1 aliphatic rings. The topological polar surface area (TPSA) is 60.2 Å². The van der Waals surface area contributed by atoms with E-state index in [2.05, 4.69) is 17.3 Å². The number of hydrogen-bond acceptors (Lipinski definition) is 5. The highest BCUT2D eigenvalue weighted by Crippen LogP contribution is 2.24. The van der Waals surface area contributed by atoms with Gasteiger partial charge in [0.25, 0.3) is 0 Å². The smallest absolute Gasteiger partial charge is 0.0941 e. The van der Waals surface area contributed by atoms with E-state index in [4.69, 9.17) is 10.6 Å². The highest BCUT2D eigenvalue weighted by atomic mass is 32.1.